The highest BCUT2D eigenvalue weighted by molar-refractivity contribution is 5.40. The maximum absolute atomic E-state index is 5.73. The second-order valence-corrected chi connectivity index (χ2v) is 4.65. The van der Waals surface area contributed by atoms with E-state index in [1.54, 1.807) is 0 Å². The minimum Gasteiger partial charge on any atom is -0.399 e. The molecule has 0 spiro atoms. The van der Waals surface area contributed by atoms with Crippen molar-refractivity contribution in [2.24, 2.45) is 0 Å². The lowest BCUT2D eigenvalue weighted by Crippen LogP contribution is -1.99. The Morgan fingerprint density at radius 3 is 1.88 bits per heavy atom. The molecule has 0 aliphatic heterocycles. The predicted molar refractivity (Wildman–Crippen MR) is 72.6 cm³/mol. The lowest BCUT2D eigenvalue weighted by atomic mass is 9.89. The molecule has 0 fully saturated rings. The van der Waals surface area contributed by atoms with Gasteiger partial charge in [-0.1, -0.05) is 51.7 Å². The van der Waals surface area contributed by atoms with Gasteiger partial charge in [-0.3, -0.25) is 0 Å². The van der Waals surface area contributed by atoms with Crippen LogP contribution in [-0.4, -0.2) is 0 Å². The maximum atomic E-state index is 5.73. The molecule has 0 aliphatic rings. The molecular formula is C15H25N. The molecule has 0 saturated carbocycles. The van der Waals surface area contributed by atoms with Crippen LogP contribution in [0, 0.1) is 0 Å². The number of unbranched alkanes of at least 4 members (excludes halogenated alkanes) is 2. The van der Waals surface area contributed by atoms with Gasteiger partial charge in [0.2, 0.25) is 0 Å². The first kappa shape index (κ1) is 13.1. The monoisotopic (exact) mass is 219 g/mol. The Kier molecular flexibility index (Phi) is 5.99. The van der Waals surface area contributed by atoms with Crippen molar-refractivity contribution >= 4 is 5.69 Å². The standard InChI is InChI=1S/C15H25N/c1-3-5-7-13(8-6-4-2)14-9-11-15(16)12-10-14/h9-13H,3-8,16H2,1-2H3. The predicted octanol–water partition coefficient (Wildman–Crippen LogP) is 4.73. The summed E-state index contributed by atoms with van der Waals surface area (Å²) in [4.78, 5) is 0. The molecule has 0 atom stereocenters. The molecule has 0 radical (unpaired) electrons. The first-order valence-corrected chi connectivity index (χ1v) is 6.63. The van der Waals surface area contributed by atoms with Crippen molar-refractivity contribution in [2.45, 2.75) is 58.3 Å². The van der Waals surface area contributed by atoms with E-state index in [1.165, 1.54) is 44.1 Å². The van der Waals surface area contributed by atoms with E-state index in [-0.39, 0.29) is 0 Å². The molecule has 0 aromatic heterocycles. The average molecular weight is 219 g/mol. The van der Waals surface area contributed by atoms with E-state index in [1.807, 2.05) is 12.1 Å². The van der Waals surface area contributed by atoms with Gasteiger partial charge < -0.3 is 5.73 Å². The van der Waals surface area contributed by atoms with Gasteiger partial charge in [0.1, 0.15) is 0 Å². The summed E-state index contributed by atoms with van der Waals surface area (Å²) in [6.45, 7) is 4.53. The number of anilines is 1. The second-order valence-electron chi connectivity index (χ2n) is 4.65. The zero-order valence-electron chi connectivity index (χ0n) is 10.7. The van der Waals surface area contributed by atoms with Gasteiger partial charge in [-0.25, -0.2) is 0 Å². The van der Waals surface area contributed by atoms with Crippen LogP contribution in [0.3, 0.4) is 0 Å². The van der Waals surface area contributed by atoms with Gasteiger partial charge in [0, 0.05) is 5.69 Å². The molecule has 0 heterocycles. The van der Waals surface area contributed by atoms with Crippen LogP contribution in [0.25, 0.3) is 0 Å². The van der Waals surface area contributed by atoms with Crippen LogP contribution in [-0.2, 0) is 0 Å². The topological polar surface area (TPSA) is 26.0 Å². The molecule has 1 aromatic rings. The van der Waals surface area contributed by atoms with Crippen molar-refractivity contribution in [1.29, 1.82) is 0 Å². The summed E-state index contributed by atoms with van der Waals surface area (Å²) in [6.07, 6.45) is 7.88. The summed E-state index contributed by atoms with van der Waals surface area (Å²) in [5.74, 6) is 0.737. The molecule has 1 nitrogen and oxygen atoms in total. The minimum absolute atomic E-state index is 0.737. The van der Waals surface area contributed by atoms with Gasteiger partial charge in [0.15, 0.2) is 0 Å². The van der Waals surface area contributed by atoms with E-state index in [4.69, 9.17) is 5.73 Å². The molecule has 0 aliphatic carbocycles. The van der Waals surface area contributed by atoms with Crippen molar-refractivity contribution in [2.75, 3.05) is 5.73 Å². The van der Waals surface area contributed by atoms with Gasteiger partial charge >= 0.3 is 0 Å². The van der Waals surface area contributed by atoms with E-state index in [9.17, 15) is 0 Å². The van der Waals surface area contributed by atoms with Crippen LogP contribution < -0.4 is 5.73 Å². The summed E-state index contributed by atoms with van der Waals surface area (Å²) < 4.78 is 0. The largest absolute Gasteiger partial charge is 0.399 e. The third kappa shape index (κ3) is 4.26. The number of nitrogen functional groups attached to an aromatic ring is 1. The summed E-state index contributed by atoms with van der Waals surface area (Å²) in [5, 5.41) is 0. The van der Waals surface area contributed by atoms with Gasteiger partial charge in [-0.05, 0) is 36.5 Å². The molecular weight excluding hydrogens is 194 g/mol. The van der Waals surface area contributed by atoms with Crippen molar-refractivity contribution in [3.8, 4) is 0 Å². The Morgan fingerprint density at radius 1 is 0.938 bits per heavy atom. The van der Waals surface area contributed by atoms with Crippen LogP contribution in [0.5, 0.6) is 0 Å². The van der Waals surface area contributed by atoms with E-state index < -0.39 is 0 Å². The van der Waals surface area contributed by atoms with Crippen LogP contribution in [0.1, 0.15) is 63.9 Å². The number of nitrogens with two attached hydrogens (primary N) is 1. The number of rotatable bonds is 7. The first-order chi connectivity index (χ1) is 7.77. The summed E-state index contributed by atoms with van der Waals surface area (Å²) in [6, 6.07) is 8.46. The fourth-order valence-electron chi connectivity index (χ4n) is 2.15. The fraction of sp³-hybridized carbons (Fsp3) is 0.600. The fourth-order valence-corrected chi connectivity index (χ4v) is 2.15. The number of hydrogen-bond acceptors (Lipinski definition) is 1. The van der Waals surface area contributed by atoms with Crippen molar-refractivity contribution < 1.29 is 0 Å². The smallest absolute Gasteiger partial charge is 0.0314 e. The van der Waals surface area contributed by atoms with Crippen molar-refractivity contribution in [3.63, 3.8) is 0 Å². The lowest BCUT2D eigenvalue weighted by Gasteiger charge is -2.17. The van der Waals surface area contributed by atoms with Crippen molar-refractivity contribution in [1.82, 2.24) is 0 Å². The highest BCUT2D eigenvalue weighted by Gasteiger charge is 2.10. The Labute approximate surface area is 100 Å². The van der Waals surface area contributed by atoms with Crippen LogP contribution >= 0.6 is 0 Å². The molecule has 0 amide bonds. The lowest BCUT2D eigenvalue weighted by molar-refractivity contribution is 0.525. The molecule has 1 aromatic carbocycles. The molecule has 90 valence electrons. The van der Waals surface area contributed by atoms with Gasteiger partial charge in [-0.2, -0.15) is 0 Å². The highest BCUT2D eigenvalue weighted by Crippen LogP contribution is 2.28. The Hall–Kier alpha value is -0.980. The highest BCUT2D eigenvalue weighted by atomic mass is 14.5. The zero-order valence-corrected chi connectivity index (χ0v) is 10.7. The van der Waals surface area contributed by atoms with E-state index >= 15 is 0 Å². The Balaban J connectivity index is 2.62. The quantitative estimate of drug-likeness (QED) is 0.659. The number of benzene rings is 1. The molecule has 0 bridgehead atoms. The third-order valence-corrected chi connectivity index (χ3v) is 3.22. The molecule has 1 heteroatoms. The SMILES string of the molecule is CCCCC(CCCC)c1ccc(N)cc1. The molecule has 1 rings (SSSR count). The summed E-state index contributed by atoms with van der Waals surface area (Å²) in [7, 11) is 0. The van der Waals surface area contributed by atoms with E-state index in [0.717, 1.165) is 11.6 Å². The van der Waals surface area contributed by atoms with Gasteiger partial charge in [0.05, 0.1) is 0 Å². The minimum atomic E-state index is 0.737. The zero-order chi connectivity index (χ0) is 11.8. The van der Waals surface area contributed by atoms with E-state index in [2.05, 4.69) is 26.0 Å². The average Bonchev–Trinajstić information content (AvgIpc) is 2.31. The van der Waals surface area contributed by atoms with Crippen molar-refractivity contribution in [3.05, 3.63) is 29.8 Å². The molecule has 0 unspecified atom stereocenters. The van der Waals surface area contributed by atoms with E-state index in [0.29, 0.717) is 0 Å². The van der Waals surface area contributed by atoms with Gasteiger partial charge in [-0.15, -0.1) is 0 Å². The normalized spacial score (nSPS) is 10.9. The van der Waals surface area contributed by atoms with Crippen LogP contribution in [0.2, 0.25) is 0 Å². The maximum Gasteiger partial charge on any atom is 0.0314 e. The number of hydrogen-bond donors (Lipinski definition) is 1. The molecule has 2 N–H and O–H groups in total. The van der Waals surface area contributed by atoms with Gasteiger partial charge in [0.25, 0.3) is 0 Å². The third-order valence-electron chi connectivity index (χ3n) is 3.22. The second kappa shape index (κ2) is 7.32. The summed E-state index contributed by atoms with van der Waals surface area (Å²) in [5.41, 5.74) is 8.06. The molecule has 0 saturated heterocycles. The Morgan fingerprint density at radius 2 is 1.44 bits per heavy atom. The first-order valence-electron chi connectivity index (χ1n) is 6.63. The Bertz CT molecular complexity index is 268. The summed E-state index contributed by atoms with van der Waals surface area (Å²) >= 11 is 0. The molecule has 16 heavy (non-hydrogen) atoms. The van der Waals surface area contributed by atoms with Crippen LogP contribution in [0.15, 0.2) is 24.3 Å². The van der Waals surface area contributed by atoms with Crippen LogP contribution in [0.4, 0.5) is 5.69 Å².